The number of halogens is 1. The van der Waals surface area contributed by atoms with Gasteiger partial charge in [-0.2, -0.15) is 0 Å². The first kappa shape index (κ1) is 15.9. The van der Waals surface area contributed by atoms with Crippen LogP contribution >= 0.6 is 0 Å². The molecule has 1 rings (SSSR count). The number of benzene rings is 1. The lowest BCUT2D eigenvalue weighted by Gasteiger charge is -2.23. The maximum absolute atomic E-state index is 12.9. The van der Waals surface area contributed by atoms with Crippen molar-refractivity contribution in [2.24, 2.45) is 5.92 Å². The molecule has 110 valence electrons. The molecule has 1 amide bonds. The Morgan fingerprint density at radius 3 is 2.50 bits per heavy atom. The number of carbonyl (C=O) groups is 2. The summed E-state index contributed by atoms with van der Waals surface area (Å²) in [5, 5.41) is 13.9. The summed E-state index contributed by atoms with van der Waals surface area (Å²) in [6.07, 6.45) is 0. The van der Waals surface area contributed by atoms with Gasteiger partial charge in [-0.25, -0.2) is 4.39 Å². The molecular formula is C14H19FN2O3. The highest BCUT2D eigenvalue weighted by molar-refractivity contribution is 5.87. The summed E-state index contributed by atoms with van der Waals surface area (Å²) in [7, 11) is 0. The molecule has 0 heterocycles. The molecule has 0 aliphatic heterocycles. The number of aliphatic carboxylic acids is 1. The van der Waals surface area contributed by atoms with E-state index in [0.29, 0.717) is 11.3 Å². The first-order valence-electron chi connectivity index (χ1n) is 6.35. The van der Waals surface area contributed by atoms with Crippen molar-refractivity contribution in [3.8, 4) is 0 Å². The van der Waals surface area contributed by atoms with Gasteiger partial charge in [0, 0.05) is 11.3 Å². The van der Waals surface area contributed by atoms with Gasteiger partial charge in [0.1, 0.15) is 19.3 Å². The lowest BCUT2D eigenvalue weighted by atomic mass is 10.0. The van der Waals surface area contributed by atoms with Crippen molar-refractivity contribution in [1.82, 2.24) is 5.32 Å². The minimum Gasteiger partial charge on any atom is -0.480 e. The number of alkyl halides is 1. The van der Waals surface area contributed by atoms with Gasteiger partial charge in [-0.05, 0) is 12.0 Å². The van der Waals surface area contributed by atoms with E-state index in [9.17, 15) is 14.0 Å². The Labute approximate surface area is 117 Å². The maximum Gasteiger partial charge on any atom is 0.322 e. The fourth-order valence-corrected chi connectivity index (χ4v) is 1.75. The molecule has 1 aromatic carbocycles. The van der Waals surface area contributed by atoms with Crippen LogP contribution in [0.1, 0.15) is 19.4 Å². The van der Waals surface area contributed by atoms with Crippen molar-refractivity contribution >= 4 is 17.6 Å². The average molecular weight is 282 g/mol. The topological polar surface area (TPSA) is 78.4 Å². The molecule has 0 saturated carbocycles. The van der Waals surface area contributed by atoms with Crippen LogP contribution in [-0.2, 0) is 16.3 Å². The van der Waals surface area contributed by atoms with Crippen molar-refractivity contribution in [3.05, 3.63) is 29.8 Å². The van der Waals surface area contributed by atoms with Crippen molar-refractivity contribution in [2.75, 3.05) is 11.9 Å². The van der Waals surface area contributed by atoms with Gasteiger partial charge in [-0.15, -0.1) is 0 Å². The number of anilines is 1. The quantitative estimate of drug-likeness (QED) is 0.712. The Kier molecular flexibility index (Phi) is 5.96. The molecule has 0 aliphatic carbocycles. The summed E-state index contributed by atoms with van der Waals surface area (Å²) in [5.41, 5.74) is 1.00. The van der Waals surface area contributed by atoms with Gasteiger partial charge in [-0.1, -0.05) is 32.0 Å². The summed E-state index contributed by atoms with van der Waals surface area (Å²) in [5.74, 6) is -1.60. The summed E-state index contributed by atoms with van der Waals surface area (Å²) < 4.78 is 12.9. The van der Waals surface area contributed by atoms with Gasteiger partial charge in [0.05, 0.1) is 0 Å². The van der Waals surface area contributed by atoms with Gasteiger partial charge in [0.15, 0.2) is 0 Å². The van der Waals surface area contributed by atoms with Crippen LogP contribution in [0.4, 0.5) is 10.1 Å². The molecule has 0 bridgehead atoms. The summed E-state index contributed by atoms with van der Waals surface area (Å²) in [4.78, 5) is 22.4. The lowest BCUT2D eigenvalue weighted by molar-refractivity contribution is -0.138. The van der Waals surface area contributed by atoms with E-state index in [0.717, 1.165) is 0 Å². The summed E-state index contributed by atoms with van der Waals surface area (Å²) in [6.45, 7) is 2.59. The fourth-order valence-electron chi connectivity index (χ4n) is 1.75. The van der Waals surface area contributed by atoms with Crippen LogP contribution in [0.15, 0.2) is 24.3 Å². The molecule has 0 aromatic heterocycles. The third-order valence-electron chi connectivity index (χ3n) is 2.84. The highest BCUT2D eigenvalue weighted by Crippen LogP contribution is 2.19. The van der Waals surface area contributed by atoms with Crippen LogP contribution in [0.5, 0.6) is 0 Å². The molecule has 5 nitrogen and oxygen atoms in total. The molecule has 6 heteroatoms. The van der Waals surface area contributed by atoms with Crippen LogP contribution in [0, 0.1) is 5.92 Å². The van der Waals surface area contributed by atoms with Crippen LogP contribution < -0.4 is 10.6 Å². The monoisotopic (exact) mass is 282 g/mol. The molecule has 3 N–H and O–H groups in total. The van der Waals surface area contributed by atoms with E-state index in [1.54, 1.807) is 24.3 Å². The first-order valence-corrected chi connectivity index (χ1v) is 6.35. The average Bonchev–Trinajstić information content (AvgIpc) is 2.42. The molecule has 0 saturated heterocycles. The van der Waals surface area contributed by atoms with Gasteiger partial charge < -0.3 is 15.7 Å². The van der Waals surface area contributed by atoms with Gasteiger partial charge >= 0.3 is 5.97 Å². The van der Waals surface area contributed by atoms with Crippen molar-refractivity contribution < 1.29 is 19.1 Å². The zero-order valence-corrected chi connectivity index (χ0v) is 11.5. The van der Waals surface area contributed by atoms with E-state index < -0.39 is 31.1 Å². The maximum atomic E-state index is 12.9. The highest BCUT2D eigenvalue weighted by atomic mass is 19.1. The normalized spacial score (nSPS) is 12.0. The van der Waals surface area contributed by atoms with E-state index in [1.807, 2.05) is 13.8 Å². The smallest absolute Gasteiger partial charge is 0.322 e. The molecule has 0 radical (unpaired) electrons. The predicted octanol–water partition coefficient (Wildman–Crippen LogP) is 1.79. The second-order valence-electron chi connectivity index (χ2n) is 4.77. The second kappa shape index (κ2) is 7.47. The van der Waals surface area contributed by atoms with Gasteiger partial charge in [-0.3, -0.25) is 9.59 Å². The number of nitrogens with one attached hydrogen (secondary N) is 2. The standard InChI is InChI=1S/C14H19FN2O3/c1-9(2)13(14(20)16-8-12(18)19)17-11-6-4-3-5-10(11)7-15/h3-6,9,13,17H,7-8H2,1-2H3,(H,16,20)(H,18,19). The highest BCUT2D eigenvalue weighted by Gasteiger charge is 2.23. The van der Waals surface area contributed by atoms with Crippen LogP contribution in [-0.4, -0.2) is 29.6 Å². The van der Waals surface area contributed by atoms with E-state index in [4.69, 9.17) is 5.11 Å². The Hall–Kier alpha value is -2.11. The van der Waals surface area contributed by atoms with Crippen LogP contribution in [0.25, 0.3) is 0 Å². The van der Waals surface area contributed by atoms with Crippen molar-refractivity contribution in [1.29, 1.82) is 0 Å². The van der Waals surface area contributed by atoms with Crippen molar-refractivity contribution in [3.63, 3.8) is 0 Å². The second-order valence-corrected chi connectivity index (χ2v) is 4.77. The minimum absolute atomic E-state index is 0.0727. The van der Waals surface area contributed by atoms with Gasteiger partial charge in [0.2, 0.25) is 5.91 Å². The SMILES string of the molecule is CC(C)C(Nc1ccccc1CF)C(=O)NCC(=O)O. The molecule has 1 atom stereocenters. The van der Waals surface area contributed by atoms with E-state index in [1.165, 1.54) is 0 Å². The largest absolute Gasteiger partial charge is 0.480 e. The fraction of sp³-hybridized carbons (Fsp3) is 0.429. The summed E-state index contributed by atoms with van der Waals surface area (Å²) >= 11 is 0. The molecule has 0 fully saturated rings. The molecule has 20 heavy (non-hydrogen) atoms. The molecule has 0 spiro atoms. The number of carboxylic acid groups (broad SMARTS) is 1. The molecule has 1 aromatic rings. The van der Waals surface area contributed by atoms with E-state index in [-0.39, 0.29) is 5.92 Å². The number of hydrogen-bond donors (Lipinski definition) is 3. The lowest BCUT2D eigenvalue weighted by Crippen LogP contribution is -2.44. The number of para-hydroxylation sites is 1. The Morgan fingerprint density at radius 2 is 1.95 bits per heavy atom. The van der Waals surface area contributed by atoms with E-state index >= 15 is 0 Å². The Balaban J connectivity index is 2.81. The number of amides is 1. The number of rotatable bonds is 7. The number of carboxylic acids is 1. The molecule has 1 unspecified atom stereocenters. The summed E-state index contributed by atoms with van der Waals surface area (Å²) in [6, 6.07) is 6.16. The Morgan fingerprint density at radius 1 is 1.30 bits per heavy atom. The van der Waals surface area contributed by atoms with E-state index in [2.05, 4.69) is 10.6 Å². The number of hydrogen-bond acceptors (Lipinski definition) is 3. The number of carbonyl (C=O) groups excluding carboxylic acids is 1. The first-order chi connectivity index (χ1) is 9.45. The van der Waals surface area contributed by atoms with Crippen molar-refractivity contribution in [2.45, 2.75) is 26.6 Å². The zero-order chi connectivity index (χ0) is 15.1. The van der Waals surface area contributed by atoms with Crippen LogP contribution in [0.2, 0.25) is 0 Å². The third kappa shape index (κ3) is 4.53. The predicted molar refractivity (Wildman–Crippen MR) is 74.1 cm³/mol. The minimum atomic E-state index is -1.11. The third-order valence-corrected chi connectivity index (χ3v) is 2.84. The molecular weight excluding hydrogens is 263 g/mol. The zero-order valence-electron chi connectivity index (χ0n) is 11.5. The van der Waals surface area contributed by atoms with Crippen LogP contribution in [0.3, 0.4) is 0 Å². The van der Waals surface area contributed by atoms with Gasteiger partial charge in [0.25, 0.3) is 0 Å². The Bertz CT molecular complexity index is 477. The molecule has 0 aliphatic rings.